The SMILES string of the molecule is COC(=O)c1cc(Cc2ccc(-c3ccn(C)n3)cc2)c(C)cn1. The van der Waals surface area contributed by atoms with E-state index in [0.29, 0.717) is 5.69 Å². The highest BCUT2D eigenvalue weighted by molar-refractivity contribution is 5.87. The van der Waals surface area contributed by atoms with E-state index in [1.165, 1.54) is 12.7 Å². The van der Waals surface area contributed by atoms with Gasteiger partial charge < -0.3 is 4.74 Å². The van der Waals surface area contributed by atoms with Crippen molar-refractivity contribution in [2.24, 2.45) is 7.05 Å². The molecule has 5 nitrogen and oxygen atoms in total. The molecule has 0 amide bonds. The van der Waals surface area contributed by atoms with E-state index in [-0.39, 0.29) is 0 Å². The minimum atomic E-state index is -0.415. The van der Waals surface area contributed by atoms with Crippen LogP contribution >= 0.6 is 0 Å². The number of aryl methyl sites for hydroxylation is 2. The summed E-state index contributed by atoms with van der Waals surface area (Å²) in [7, 11) is 3.27. The standard InChI is InChI=1S/C19H19N3O2/c1-13-12-20-18(19(23)24-3)11-16(13)10-14-4-6-15(7-5-14)17-8-9-22(2)21-17/h4-9,11-12H,10H2,1-3H3. The highest BCUT2D eigenvalue weighted by Crippen LogP contribution is 2.20. The van der Waals surface area contributed by atoms with Crippen LogP contribution in [0.15, 0.2) is 48.8 Å². The molecule has 3 rings (SSSR count). The summed E-state index contributed by atoms with van der Waals surface area (Å²) in [6, 6.07) is 12.1. The Hall–Kier alpha value is -2.95. The fourth-order valence-electron chi connectivity index (χ4n) is 2.55. The van der Waals surface area contributed by atoms with E-state index in [0.717, 1.165) is 28.8 Å². The van der Waals surface area contributed by atoms with Crippen molar-refractivity contribution in [2.75, 3.05) is 7.11 Å². The van der Waals surface area contributed by atoms with E-state index in [1.54, 1.807) is 16.9 Å². The van der Waals surface area contributed by atoms with Gasteiger partial charge in [0.2, 0.25) is 0 Å². The zero-order chi connectivity index (χ0) is 17.1. The van der Waals surface area contributed by atoms with Gasteiger partial charge in [0.05, 0.1) is 12.8 Å². The molecule has 3 aromatic rings. The Morgan fingerprint density at radius 2 is 1.96 bits per heavy atom. The summed E-state index contributed by atoms with van der Waals surface area (Å²) in [5, 5.41) is 4.41. The maximum Gasteiger partial charge on any atom is 0.356 e. The minimum Gasteiger partial charge on any atom is -0.464 e. The van der Waals surface area contributed by atoms with Crippen LogP contribution in [0.1, 0.15) is 27.2 Å². The molecule has 2 aromatic heterocycles. The monoisotopic (exact) mass is 321 g/mol. The van der Waals surface area contributed by atoms with Gasteiger partial charge in [0, 0.05) is 25.0 Å². The summed E-state index contributed by atoms with van der Waals surface area (Å²) in [5.74, 6) is -0.415. The van der Waals surface area contributed by atoms with Gasteiger partial charge >= 0.3 is 5.97 Å². The van der Waals surface area contributed by atoms with Gasteiger partial charge in [0.15, 0.2) is 0 Å². The molecule has 0 fully saturated rings. The van der Waals surface area contributed by atoms with Crippen LogP contribution in [0.25, 0.3) is 11.3 Å². The molecule has 0 bridgehead atoms. The number of esters is 1. The molecule has 0 atom stereocenters. The van der Waals surface area contributed by atoms with E-state index in [2.05, 4.69) is 34.3 Å². The Morgan fingerprint density at radius 1 is 1.21 bits per heavy atom. The van der Waals surface area contributed by atoms with Gasteiger partial charge in [0.1, 0.15) is 5.69 Å². The van der Waals surface area contributed by atoms with E-state index in [4.69, 9.17) is 4.74 Å². The highest BCUT2D eigenvalue weighted by atomic mass is 16.5. The molecule has 1 aromatic carbocycles. The number of rotatable bonds is 4. The first-order chi connectivity index (χ1) is 11.6. The van der Waals surface area contributed by atoms with Gasteiger partial charge in [0.25, 0.3) is 0 Å². The van der Waals surface area contributed by atoms with Crippen molar-refractivity contribution in [1.29, 1.82) is 0 Å². The maximum absolute atomic E-state index is 11.6. The predicted molar refractivity (Wildman–Crippen MR) is 91.8 cm³/mol. The molecule has 5 heteroatoms. The highest BCUT2D eigenvalue weighted by Gasteiger charge is 2.10. The van der Waals surface area contributed by atoms with Gasteiger partial charge in [-0.25, -0.2) is 9.78 Å². The van der Waals surface area contributed by atoms with Crippen LogP contribution in [0, 0.1) is 6.92 Å². The number of benzene rings is 1. The van der Waals surface area contributed by atoms with Gasteiger partial charge in [-0.2, -0.15) is 5.10 Å². The molecule has 0 saturated carbocycles. The second-order valence-corrected chi connectivity index (χ2v) is 5.74. The summed E-state index contributed by atoms with van der Waals surface area (Å²) in [5.41, 5.74) is 5.66. The first-order valence-electron chi connectivity index (χ1n) is 7.69. The summed E-state index contributed by atoms with van der Waals surface area (Å²) in [4.78, 5) is 15.8. The number of pyridine rings is 1. The Bertz CT molecular complexity index is 867. The summed E-state index contributed by atoms with van der Waals surface area (Å²) in [6.07, 6.45) is 4.38. The molecule has 24 heavy (non-hydrogen) atoms. The van der Waals surface area contributed by atoms with Crippen LogP contribution in [0.5, 0.6) is 0 Å². The molecule has 0 aliphatic heterocycles. The Balaban J connectivity index is 1.82. The third-order valence-corrected chi connectivity index (χ3v) is 3.97. The zero-order valence-corrected chi connectivity index (χ0v) is 14.0. The van der Waals surface area contributed by atoms with Gasteiger partial charge in [-0.1, -0.05) is 24.3 Å². The van der Waals surface area contributed by atoms with Crippen molar-refractivity contribution in [1.82, 2.24) is 14.8 Å². The molecule has 0 aliphatic rings. The Kier molecular flexibility index (Phi) is 4.42. The average Bonchev–Trinajstić information content (AvgIpc) is 3.03. The van der Waals surface area contributed by atoms with E-state index >= 15 is 0 Å². The minimum absolute atomic E-state index is 0.336. The van der Waals surface area contributed by atoms with E-state index in [1.807, 2.05) is 26.2 Å². The van der Waals surface area contributed by atoms with Crippen molar-refractivity contribution in [3.63, 3.8) is 0 Å². The molecule has 0 saturated heterocycles. The first-order valence-corrected chi connectivity index (χ1v) is 7.69. The van der Waals surface area contributed by atoms with Crippen molar-refractivity contribution in [3.05, 3.63) is 71.2 Å². The van der Waals surface area contributed by atoms with Crippen LogP contribution in [-0.2, 0) is 18.2 Å². The summed E-state index contributed by atoms with van der Waals surface area (Å²) in [6.45, 7) is 1.99. The van der Waals surface area contributed by atoms with Crippen molar-refractivity contribution in [2.45, 2.75) is 13.3 Å². The number of nitrogens with zero attached hydrogens (tertiary/aromatic N) is 3. The fourth-order valence-corrected chi connectivity index (χ4v) is 2.55. The van der Waals surface area contributed by atoms with Crippen molar-refractivity contribution >= 4 is 5.97 Å². The molecule has 0 radical (unpaired) electrons. The first kappa shape index (κ1) is 15.9. The summed E-state index contributed by atoms with van der Waals surface area (Å²) < 4.78 is 6.53. The number of ether oxygens (including phenoxy) is 1. The second kappa shape index (κ2) is 6.66. The number of methoxy groups -OCH3 is 1. The second-order valence-electron chi connectivity index (χ2n) is 5.74. The molecular weight excluding hydrogens is 302 g/mol. The number of hydrogen-bond acceptors (Lipinski definition) is 4. The van der Waals surface area contributed by atoms with Crippen LogP contribution in [-0.4, -0.2) is 27.8 Å². The maximum atomic E-state index is 11.6. The smallest absolute Gasteiger partial charge is 0.356 e. The quantitative estimate of drug-likeness (QED) is 0.693. The molecular formula is C19H19N3O2. The van der Waals surface area contributed by atoms with E-state index in [9.17, 15) is 4.79 Å². The molecule has 2 heterocycles. The normalized spacial score (nSPS) is 10.6. The van der Waals surface area contributed by atoms with Crippen LogP contribution in [0.2, 0.25) is 0 Å². The topological polar surface area (TPSA) is 57.0 Å². The predicted octanol–water partition coefficient (Wildman–Crippen LogP) is 3.17. The van der Waals surface area contributed by atoms with Crippen LogP contribution in [0.4, 0.5) is 0 Å². The third-order valence-electron chi connectivity index (χ3n) is 3.97. The van der Waals surface area contributed by atoms with Gasteiger partial charge in [-0.15, -0.1) is 0 Å². The number of carbonyl (C=O) groups excluding carboxylic acids is 1. The lowest BCUT2D eigenvalue weighted by atomic mass is 10.00. The van der Waals surface area contributed by atoms with Gasteiger partial charge in [-0.3, -0.25) is 4.68 Å². The molecule has 0 aliphatic carbocycles. The van der Waals surface area contributed by atoms with Crippen LogP contribution < -0.4 is 0 Å². The number of hydrogen-bond donors (Lipinski definition) is 0. The molecule has 0 unspecified atom stereocenters. The van der Waals surface area contributed by atoms with Gasteiger partial charge in [-0.05, 0) is 42.2 Å². The largest absolute Gasteiger partial charge is 0.464 e. The lowest BCUT2D eigenvalue weighted by Crippen LogP contribution is -2.06. The summed E-state index contributed by atoms with van der Waals surface area (Å²) >= 11 is 0. The molecule has 0 N–H and O–H groups in total. The lowest BCUT2D eigenvalue weighted by molar-refractivity contribution is 0.0594. The lowest BCUT2D eigenvalue weighted by Gasteiger charge is -2.08. The third kappa shape index (κ3) is 3.35. The fraction of sp³-hybridized carbons (Fsp3) is 0.211. The Labute approximate surface area is 140 Å². The average molecular weight is 321 g/mol. The van der Waals surface area contributed by atoms with E-state index < -0.39 is 5.97 Å². The van der Waals surface area contributed by atoms with Crippen LogP contribution in [0.3, 0.4) is 0 Å². The van der Waals surface area contributed by atoms with Crippen molar-refractivity contribution < 1.29 is 9.53 Å². The number of aromatic nitrogens is 3. The zero-order valence-electron chi connectivity index (χ0n) is 14.0. The Morgan fingerprint density at radius 3 is 2.58 bits per heavy atom. The van der Waals surface area contributed by atoms with Crippen molar-refractivity contribution in [3.8, 4) is 11.3 Å². The molecule has 0 spiro atoms. The number of carbonyl (C=O) groups is 1. The molecule has 122 valence electrons.